The van der Waals surface area contributed by atoms with Crippen LogP contribution in [0, 0.1) is 6.92 Å². The topological polar surface area (TPSA) is 73.3 Å². The quantitative estimate of drug-likeness (QED) is 0.615. The highest BCUT2D eigenvalue weighted by molar-refractivity contribution is 5.95. The highest BCUT2D eigenvalue weighted by Gasteiger charge is 2.22. The zero-order valence-electron chi connectivity index (χ0n) is 16.6. The second-order valence-corrected chi connectivity index (χ2v) is 7.31. The van der Waals surface area contributed by atoms with Gasteiger partial charge in [-0.2, -0.15) is 0 Å². The fourth-order valence-electron chi connectivity index (χ4n) is 3.36. The number of para-hydroxylation sites is 2. The van der Waals surface area contributed by atoms with E-state index in [4.69, 9.17) is 9.47 Å². The number of hydrogen-bond acceptors (Lipinski definition) is 6. The number of aryl methyl sites for hydroxylation is 1. The van der Waals surface area contributed by atoms with Gasteiger partial charge >= 0.3 is 5.97 Å². The molecule has 4 rings (SSSR count). The van der Waals surface area contributed by atoms with Crippen LogP contribution in [0.3, 0.4) is 0 Å². The third kappa shape index (κ3) is 4.90. The van der Waals surface area contributed by atoms with Gasteiger partial charge in [0.2, 0.25) is 0 Å². The Hall–Kier alpha value is -2.99. The molecule has 6 heteroatoms. The van der Waals surface area contributed by atoms with Crippen LogP contribution >= 0.6 is 0 Å². The minimum Gasteiger partial charge on any atom is -0.458 e. The monoisotopic (exact) mass is 391 g/mol. The average molecular weight is 391 g/mol. The van der Waals surface area contributed by atoms with Crippen molar-refractivity contribution in [1.82, 2.24) is 9.97 Å². The first-order chi connectivity index (χ1) is 14.2. The smallest absolute Gasteiger partial charge is 0.360 e. The number of aromatic nitrogens is 2. The van der Waals surface area contributed by atoms with E-state index in [0.717, 1.165) is 31.4 Å². The van der Waals surface area contributed by atoms with Crippen LogP contribution in [0.25, 0.3) is 11.0 Å². The van der Waals surface area contributed by atoms with E-state index in [1.165, 1.54) is 11.1 Å². The summed E-state index contributed by atoms with van der Waals surface area (Å²) < 4.78 is 11.0. The molecule has 1 fully saturated rings. The van der Waals surface area contributed by atoms with E-state index in [2.05, 4.69) is 46.5 Å². The molecule has 29 heavy (non-hydrogen) atoms. The summed E-state index contributed by atoms with van der Waals surface area (Å²) in [5, 5.41) is 3.27. The number of ether oxygens (including phenoxy) is 2. The molecule has 1 aliphatic heterocycles. The zero-order chi connectivity index (χ0) is 20.1. The lowest BCUT2D eigenvalue weighted by Gasteiger charge is -2.13. The number of benzene rings is 2. The van der Waals surface area contributed by atoms with Crippen LogP contribution in [0.1, 0.15) is 34.5 Å². The number of anilines is 1. The first-order valence-corrected chi connectivity index (χ1v) is 10.0. The van der Waals surface area contributed by atoms with Gasteiger partial charge < -0.3 is 14.8 Å². The van der Waals surface area contributed by atoms with Crippen LogP contribution < -0.4 is 5.32 Å². The van der Waals surface area contributed by atoms with Crippen molar-refractivity contribution in [2.75, 3.05) is 25.1 Å². The van der Waals surface area contributed by atoms with Gasteiger partial charge in [-0.3, -0.25) is 0 Å². The van der Waals surface area contributed by atoms with E-state index in [1.54, 1.807) is 0 Å². The van der Waals surface area contributed by atoms with Gasteiger partial charge in [0.05, 0.1) is 17.1 Å². The third-order valence-electron chi connectivity index (χ3n) is 5.01. The minimum absolute atomic E-state index is 0.0229. The summed E-state index contributed by atoms with van der Waals surface area (Å²) in [6.45, 7) is 3.68. The summed E-state index contributed by atoms with van der Waals surface area (Å²) in [5.74, 6) is -0.0234. The first kappa shape index (κ1) is 19.3. The van der Waals surface area contributed by atoms with Gasteiger partial charge in [-0.25, -0.2) is 14.8 Å². The minimum atomic E-state index is -0.475. The Morgan fingerprint density at radius 2 is 1.90 bits per heavy atom. The van der Waals surface area contributed by atoms with E-state index < -0.39 is 5.97 Å². The molecule has 0 amide bonds. The molecule has 0 bridgehead atoms. The standard InChI is InChI=1S/C23H25N3O3/c1-16-8-10-17(11-9-16)12-13-24-22-21(23(27)29-15-18-5-4-14-28-18)25-19-6-2-3-7-20(19)26-22/h2-3,6-11,18H,4-5,12-15H2,1H3,(H,24,26). The van der Waals surface area contributed by atoms with Gasteiger partial charge in [0, 0.05) is 13.2 Å². The molecule has 1 N–H and O–H groups in total. The number of nitrogens with zero attached hydrogens (tertiary/aromatic N) is 2. The van der Waals surface area contributed by atoms with Gasteiger partial charge in [0.25, 0.3) is 0 Å². The molecule has 6 nitrogen and oxygen atoms in total. The molecular formula is C23H25N3O3. The molecule has 2 aromatic carbocycles. The van der Waals surface area contributed by atoms with Gasteiger partial charge in [0.1, 0.15) is 6.61 Å². The molecule has 1 unspecified atom stereocenters. The van der Waals surface area contributed by atoms with Crippen LogP contribution in [0.4, 0.5) is 5.82 Å². The van der Waals surface area contributed by atoms with Crippen LogP contribution in [0.15, 0.2) is 48.5 Å². The molecule has 1 aliphatic rings. The average Bonchev–Trinajstić information content (AvgIpc) is 3.26. The number of rotatable bonds is 7. The summed E-state index contributed by atoms with van der Waals surface area (Å²) in [5.41, 5.74) is 4.07. The summed E-state index contributed by atoms with van der Waals surface area (Å²) in [6.07, 6.45) is 2.71. The summed E-state index contributed by atoms with van der Waals surface area (Å²) in [4.78, 5) is 21.8. The second kappa shape index (κ2) is 9.01. The molecular weight excluding hydrogens is 366 g/mol. The molecule has 3 aromatic rings. The fourth-order valence-corrected chi connectivity index (χ4v) is 3.36. The number of fused-ring (bicyclic) bond motifs is 1. The predicted molar refractivity (Wildman–Crippen MR) is 112 cm³/mol. The lowest BCUT2D eigenvalue weighted by Crippen LogP contribution is -2.20. The Balaban J connectivity index is 1.49. The number of carbonyl (C=O) groups is 1. The van der Waals surface area contributed by atoms with Gasteiger partial charge in [-0.05, 0) is 43.9 Å². The summed E-state index contributed by atoms with van der Waals surface area (Å²) in [6, 6.07) is 15.9. The highest BCUT2D eigenvalue weighted by atomic mass is 16.6. The molecule has 0 aliphatic carbocycles. The molecule has 0 radical (unpaired) electrons. The van der Waals surface area contributed by atoms with Crippen molar-refractivity contribution in [3.63, 3.8) is 0 Å². The molecule has 1 atom stereocenters. The van der Waals surface area contributed by atoms with E-state index in [0.29, 0.717) is 17.9 Å². The molecule has 2 heterocycles. The Kier molecular flexibility index (Phi) is 6.00. The van der Waals surface area contributed by atoms with Crippen molar-refractivity contribution < 1.29 is 14.3 Å². The number of hydrogen-bond donors (Lipinski definition) is 1. The van der Waals surface area contributed by atoms with Gasteiger partial charge in [-0.1, -0.05) is 42.0 Å². The summed E-state index contributed by atoms with van der Waals surface area (Å²) >= 11 is 0. The lowest BCUT2D eigenvalue weighted by atomic mass is 10.1. The van der Waals surface area contributed by atoms with Crippen LogP contribution in [-0.2, 0) is 15.9 Å². The van der Waals surface area contributed by atoms with E-state index in [9.17, 15) is 4.79 Å². The Labute approximate surface area is 170 Å². The van der Waals surface area contributed by atoms with Crippen molar-refractivity contribution >= 4 is 22.8 Å². The highest BCUT2D eigenvalue weighted by Crippen LogP contribution is 2.19. The Bertz CT molecular complexity index is 982. The molecule has 0 saturated carbocycles. The lowest BCUT2D eigenvalue weighted by molar-refractivity contribution is 0.0157. The Morgan fingerprint density at radius 1 is 1.14 bits per heavy atom. The molecule has 150 valence electrons. The number of carbonyl (C=O) groups excluding carboxylic acids is 1. The fraction of sp³-hybridized carbons (Fsp3) is 0.348. The molecule has 1 saturated heterocycles. The van der Waals surface area contributed by atoms with Crippen molar-refractivity contribution in [3.8, 4) is 0 Å². The van der Waals surface area contributed by atoms with Crippen LogP contribution in [-0.4, -0.2) is 41.8 Å². The van der Waals surface area contributed by atoms with E-state index in [-0.39, 0.29) is 18.4 Å². The predicted octanol–water partition coefficient (Wildman–Crippen LogP) is 3.93. The van der Waals surface area contributed by atoms with Crippen molar-refractivity contribution in [1.29, 1.82) is 0 Å². The van der Waals surface area contributed by atoms with Crippen molar-refractivity contribution in [3.05, 3.63) is 65.4 Å². The van der Waals surface area contributed by atoms with E-state index >= 15 is 0 Å². The first-order valence-electron chi connectivity index (χ1n) is 10.0. The van der Waals surface area contributed by atoms with Crippen LogP contribution in [0.2, 0.25) is 0 Å². The van der Waals surface area contributed by atoms with Gasteiger partial charge in [0.15, 0.2) is 11.5 Å². The Morgan fingerprint density at radius 3 is 2.62 bits per heavy atom. The zero-order valence-corrected chi connectivity index (χ0v) is 16.6. The van der Waals surface area contributed by atoms with Crippen molar-refractivity contribution in [2.24, 2.45) is 0 Å². The normalized spacial score (nSPS) is 16.1. The van der Waals surface area contributed by atoms with Crippen molar-refractivity contribution in [2.45, 2.75) is 32.3 Å². The van der Waals surface area contributed by atoms with Gasteiger partial charge in [-0.15, -0.1) is 0 Å². The van der Waals surface area contributed by atoms with E-state index in [1.807, 2.05) is 24.3 Å². The maximum atomic E-state index is 12.7. The van der Waals surface area contributed by atoms with Crippen LogP contribution in [0.5, 0.6) is 0 Å². The largest absolute Gasteiger partial charge is 0.458 e. The third-order valence-corrected chi connectivity index (χ3v) is 5.01. The maximum Gasteiger partial charge on any atom is 0.360 e. The maximum absolute atomic E-state index is 12.7. The molecule has 1 aromatic heterocycles. The number of esters is 1. The molecule has 0 spiro atoms. The SMILES string of the molecule is Cc1ccc(CCNc2nc3ccccc3nc2C(=O)OCC2CCCO2)cc1. The summed E-state index contributed by atoms with van der Waals surface area (Å²) in [7, 11) is 0. The second-order valence-electron chi connectivity index (χ2n) is 7.31. The number of nitrogens with one attached hydrogen (secondary N) is 1.